The summed E-state index contributed by atoms with van der Waals surface area (Å²) < 4.78 is 47.6. The molecule has 1 unspecified atom stereocenters. The molecule has 0 heterocycles. The molecule has 0 aliphatic heterocycles. The number of amides is 2. The van der Waals surface area contributed by atoms with E-state index < -0.39 is 34.3 Å². The van der Waals surface area contributed by atoms with Crippen molar-refractivity contribution >= 4 is 27.5 Å². The fourth-order valence-corrected chi connectivity index (χ4v) is 6.34. The monoisotopic (exact) mass is 609 g/mol. The van der Waals surface area contributed by atoms with Crippen molar-refractivity contribution in [3.8, 4) is 5.75 Å². The number of carbonyl (C=O) groups is 2. The number of anilines is 1. The first-order valence-corrected chi connectivity index (χ1v) is 16.4. The van der Waals surface area contributed by atoms with Crippen LogP contribution in [0.3, 0.4) is 0 Å². The summed E-state index contributed by atoms with van der Waals surface area (Å²) in [6, 6.07) is 19.4. The Bertz CT molecular complexity index is 1510. The molecule has 1 aliphatic rings. The van der Waals surface area contributed by atoms with Gasteiger partial charge in [0.1, 0.15) is 24.2 Å². The molecule has 0 radical (unpaired) electrons. The van der Waals surface area contributed by atoms with Gasteiger partial charge < -0.3 is 15.0 Å². The summed E-state index contributed by atoms with van der Waals surface area (Å²) in [7, 11) is -2.55. The minimum absolute atomic E-state index is 0.0194. The van der Waals surface area contributed by atoms with Gasteiger partial charge in [-0.25, -0.2) is 12.8 Å². The number of rotatable bonds is 12. The highest BCUT2D eigenvalue weighted by atomic mass is 32.2. The zero-order chi connectivity index (χ0) is 31.0. The molecule has 1 fully saturated rings. The lowest BCUT2D eigenvalue weighted by Crippen LogP contribution is -2.55. The van der Waals surface area contributed by atoms with Gasteiger partial charge in [-0.3, -0.25) is 13.9 Å². The van der Waals surface area contributed by atoms with E-state index in [4.69, 9.17) is 4.74 Å². The van der Waals surface area contributed by atoms with Gasteiger partial charge in [-0.2, -0.15) is 0 Å². The second kappa shape index (κ2) is 14.5. The molecule has 3 aromatic rings. The highest BCUT2D eigenvalue weighted by Crippen LogP contribution is 2.31. The largest absolute Gasteiger partial charge is 0.495 e. The molecule has 0 bridgehead atoms. The standard InChI is InChI=1S/C33H40FN3O5S/c1-24-18-19-31(42-2)29(20-24)37(43(3,40)41)23-32(38)36(22-26-14-10-11-17-28(26)34)30(21-25-12-6-4-7-13-25)33(39)35-27-15-8-5-9-16-27/h4,6-7,10-14,17-20,27,30H,5,8-9,15-16,21-23H2,1-3H3,(H,35,39). The van der Waals surface area contributed by atoms with Crippen molar-refractivity contribution in [1.29, 1.82) is 0 Å². The van der Waals surface area contributed by atoms with Gasteiger partial charge in [-0.05, 0) is 49.1 Å². The van der Waals surface area contributed by atoms with E-state index in [0.29, 0.717) is 0 Å². The topological polar surface area (TPSA) is 96.0 Å². The third-order valence-corrected chi connectivity index (χ3v) is 8.93. The molecule has 43 heavy (non-hydrogen) atoms. The molecule has 1 saturated carbocycles. The van der Waals surface area contributed by atoms with Gasteiger partial charge in [0.2, 0.25) is 21.8 Å². The van der Waals surface area contributed by atoms with Gasteiger partial charge in [-0.15, -0.1) is 0 Å². The van der Waals surface area contributed by atoms with Crippen LogP contribution in [-0.4, -0.2) is 57.1 Å². The maximum atomic E-state index is 15.0. The van der Waals surface area contributed by atoms with Crippen LogP contribution >= 0.6 is 0 Å². The predicted octanol–water partition coefficient (Wildman–Crippen LogP) is 5.00. The number of hydrogen-bond acceptors (Lipinski definition) is 5. The van der Waals surface area contributed by atoms with Crippen molar-refractivity contribution in [2.24, 2.45) is 0 Å². The molecule has 4 rings (SSSR count). The number of sulfonamides is 1. The number of hydrogen-bond donors (Lipinski definition) is 1. The average Bonchev–Trinajstić information content (AvgIpc) is 2.99. The Kier molecular flexibility index (Phi) is 10.8. The quantitative estimate of drug-likeness (QED) is 0.312. The van der Waals surface area contributed by atoms with E-state index in [9.17, 15) is 22.4 Å². The number of nitrogens with one attached hydrogen (secondary N) is 1. The summed E-state index contributed by atoms with van der Waals surface area (Å²) in [5.41, 5.74) is 2.01. The average molecular weight is 610 g/mol. The predicted molar refractivity (Wildman–Crippen MR) is 166 cm³/mol. The molecular formula is C33H40FN3O5S. The zero-order valence-electron chi connectivity index (χ0n) is 25.0. The number of carbonyl (C=O) groups excluding carboxylic acids is 2. The van der Waals surface area contributed by atoms with Crippen LogP contribution in [-0.2, 0) is 32.6 Å². The van der Waals surface area contributed by atoms with Gasteiger partial charge in [0.25, 0.3) is 0 Å². The normalized spacial score (nSPS) is 14.5. The van der Waals surface area contributed by atoms with Crippen LogP contribution in [0.25, 0.3) is 0 Å². The maximum Gasteiger partial charge on any atom is 0.244 e. The third kappa shape index (κ3) is 8.56. The fourth-order valence-electron chi connectivity index (χ4n) is 5.50. The summed E-state index contributed by atoms with van der Waals surface area (Å²) in [4.78, 5) is 29.6. The molecule has 3 aromatic carbocycles. The molecule has 230 valence electrons. The van der Waals surface area contributed by atoms with Crippen LogP contribution in [0.15, 0.2) is 72.8 Å². The van der Waals surface area contributed by atoms with Crippen LogP contribution < -0.4 is 14.4 Å². The van der Waals surface area contributed by atoms with E-state index in [1.807, 2.05) is 30.3 Å². The van der Waals surface area contributed by atoms with Crippen molar-refractivity contribution in [2.45, 2.75) is 64.1 Å². The number of ether oxygens (including phenoxy) is 1. The van der Waals surface area contributed by atoms with Crippen molar-refractivity contribution in [1.82, 2.24) is 10.2 Å². The van der Waals surface area contributed by atoms with Gasteiger partial charge in [0, 0.05) is 24.6 Å². The van der Waals surface area contributed by atoms with E-state index in [1.54, 1.807) is 43.3 Å². The summed E-state index contributed by atoms with van der Waals surface area (Å²) >= 11 is 0. The Morgan fingerprint density at radius 2 is 1.67 bits per heavy atom. The van der Waals surface area contributed by atoms with Crippen molar-refractivity contribution < 1.29 is 27.1 Å². The molecule has 8 nitrogen and oxygen atoms in total. The van der Waals surface area contributed by atoms with Crippen molar-refractivity contribution in [3.05, 3.63) is 95.3 Å². The molecule has 1 aliphatic carbocycles. The van der Waals surface area contributed by atoms with Crippen LogP contribution in [0.1, 0.15) is 48.8 Å². The van der Waals surface area contributed by atoms with Crippen LogP contribution in [0.2, 0.25) is 0 Å². The van der Waals surface area contributed by atoms with E-state index in [0.717, 1.165) is 53.8 Å². The first-order chi connectivity index (χ1) is 20.6. The van der Waals surface area contributed by atoms with E-state index in [2.05, 4.69) is 5.32 Å². The van der Waals surface area contributed by atoms with Crippen molar-refractivity contribution in [3.63, 3.8) is 0 Å². The molecule has 10 heteroatoms. The Labute approximate surface area is 253 Å². The first-order valence-electron chi connectivity index (χ1n) is 14.6. The van der Waals surface area contributed by atoms with Crippen molar-refractivity contribution in [2.75, 3.05) is 24.2 Å². The highest BCUT2D eigenvalue weighted by molar-refractivity contribution is 7.92. The SMILES string of the molecule is COc1ccc(C)cc1N(CC(=O)N(Cc1ccccc1F)C(Cc1ccccc1)C(=O)NC1CCCCC1)S(C)(=O)=O. The fraction of sp³-hybridized carbons (Fsp3) is 0.394. The Morgan fingerprint density at radius 1 is 1.00 bits per heavy atom. The lowest BCUT2D eigenvalue weighted by Gasteiger charge is -2.35. The second-order valence-corrected chi connectivity index (χ2v) is 13.0. The van der Waals surface area contributed by atoms with E-state index >= 15 is 0 Å². The van der Waals surface area contributed by atoms with E-state index in [1.165, 1.54) is 18.1 Å². The Balaban J connectivity index is 1.76. The summed E-state index contributed by atoms with van der Waals surface area (Å²) in [6.45, 7) is 0.986. The number of halogens is 1. The molecule has 1 atom stereocenters. The molecule has 0 aromatic heterocycles. The number of benzene rings is 3. The lowest BCUT2D eigenvalue weighted by molar-refractivity contribution is -0.140. The van der Waals surface area contributed by atoms with Crippen LogP contribution in [0, 0.1) is 12.7 Å². The van der Waals surface area contributed by atoms with Gasteiger partial charge >= 0.3 is 0 Å². The zero-order valence-corrected chi connectivity index (χ0v) is 25.8. The van der Waals surface area contributed by atoms with E-state index in [-0.39, 0.29) is 41.9 Å². The summed E-state index contributed by atoms with van der Waals surface area (Å²) in [5, 5.41) is 3.14. The summed E-state index contributed by atoms with van der Waals surface area (Å²) in [5.74, 6) is -1.23. The Hall–Kier alpha value is -3.92. The second-order valence-electron chi connectivity index (χ2n) is 11.1. The van der Waals surface area contributed by atoms with Gasteiger partial charge in [-0.1, -0.05) is 73.9 Å². The molecule has 2 amide bonds. The molecular weight excluding hydrogens is 569 g/mol. The first kappa shape index (κ1) is 32.0. The number of methoxy groups -OCH3 is 1. The highest BCUT2D eigenvalue weighted by Gasteiger charge is 2.35. The molecule has 1 N–H and O–H groups in total. The van der Waals surface area contributed by atoms with Gasteiger partial charge in [0.15, 0.2) is 0 Å². The van der Waals surface area contributed by atoms with Gasteiger partial charge in [0.05, 0.1) is 19.1 Å². The maximum absolute atomic E-state index is 15.0. The smallest absolute Gasteiger partial charge is 0.244 e. The number of aryl methyl sites for hydroxylation is 1. The minimum Gasteiger partial charge on any atom is -0.495 e. The third-order valence-electron chi connectivity index (χ3n) is 7.80. The molecule has 0 spiro atoms. The summed E-state index contributed by atoms with van der Waals surface area (Å²) in [6.07, 6.45) is 6.01. The van der Waals surface area contributed by atoms with Crippen LogP contribution in [0.5, 0.6) is 5.75 Å². The van der Waals surface area contributed by atoms with Crippen LogP contribution in [0.4, 0.5) is 10.1 Å². The lowest BCUT2D eigenvalue weighted by atomic mass is 9.94. The minimum atomic E-state index is -3.97. The Morgan fingerprint density at radius 3 is 2.33 bits per heavy atom. The number of nitrogens with zero attached hydrogens (tertiary/aromatic N) is 2. The molecule has 0 saturated heterocycles.